The Kier molecular flexibility index (Phi) is 2.44. The molecule has 0 fully saturated rings. The van der Waals surface area contributed by atoms with Gasteiger partial charge in [0.2, 0.25) is 0 Å². The van der Waals surface area contributed by atoms with E-state index in [2.05, 4.69) is 20.6 Å². The van der Waals surface area contributed by atoms with Crippen molar-refractivity contribution < 1.29 is 0 Å². The lowest BCUT2D eigenvalue weighted by atomic mass is 9.84. The van der Waals surface area contributed by atoms with Gasteiger partial charge in [-0.3, -0.25) is 0 Å². The first kappa shape index (κ1) is 10.1. The van der Waals surface area contributed by atoms with E-state index in [4.69, 9.17) is 11.6 Å². The Morgan fingerprint density at radius 1 is 1.27 bits per heavy atom. The minimum Gasteiger partial charge on any atom is -0.177 e. The highest BCUT2D eigenvalue weighted by Gasteiger charge is 2.29. The molecular weight excluding hydrogens is 212 g/mol. The molecule has 0 atom stereocenters. The number of rotatable bonds is 2. The Hall–Kier alpha value is -1.42. The maximum Gasteiger partial charge on any atom is 0.184 e. The Morgan fingerprint density at radius 3 is 2.60 bits per heavy atom. The van der Waals surface area contributed by atoms with Gasteiger partial charge in [0.15, 0.2) is 5.82 Å². The van der Waals surface area contributed by atoms with Crippen molar-refractivity contribution in [3.63, 3.8) is 0 Å². The largest absolute Gasteiger partial charge is 0.184 e. The van der Waals surface area contributed by atoms with Crippen molar-refractivity contribution in [1.29, 1.82) is 0 Å². The number of hydrogen-bond acceptors (Lipinski definition) is 3. The van der Waals surface area contributed by atoms with Crippen LogP contribution in [0.2, 0.25) is 5.02 Å². The van der Waals surface area contributed by atoms with Crippen molar-refractivity contribution in [2.45, 2.75) is 19.3 Å². The van der Waals surface area contributed by atoms with Gasteiger partial charge >= 0.3 is 0 Å². The lowest BCUT2D eigenvalue weighted by molar-refractivity contribution is 0.591. The minimum atomic E-state index is -0.342. The summed E-state index contributed by atoms with van der Waals surface area (Å²) in [6.07, 6.45) is 0. The van der Waals surface area contributed by atoms with E-state index < -0.39 is 0 Å². The van der Waals surface area contributed by atoms with Gasteiger partial charge in [-0.2, -0.15) is 5.21 Å². The van der Waals surface area contributed by atoms with Gasteiger partial charge in [0.05, 0.1) is 5.41 Å². The maximum absolute atomic E-state index is 6.14. The van der Waals surface area contributed by atoms with Crippen LogP contribution in [0.5, 0.6) is 0 Å². The third kappa shape index (κ3) is 1.72. The molecule has 2 aromatic rings. The normalized spacial score (nSPS) is 11.7. The fourth-order valence-corrected chi connectivity index (χ4v) is 1.89. The van der Waals surface area contributed by atoms with Gasteiger partial charge in [-0.25, -0.2) is 0 Å². The molecule has 2 rings (SSSR count). The molecule has 15 heavy (non-hydrogen) atoms. The molecule has 0 radical (unpaired) electrons. The molecule has 4 nitrogen and oxygen atoms in total. The second-order valence-corrected chi connectivity index (χ2v) is 4.25. The highest BCUT2D eigenvalue weighted by molar-refractivity contribution is 6.31. The Bertz CT molecular complexity index is 450. The van der Waals surface area contributed by atoms with Gasteiger partial charge in [-0.05, 0) is 25.5 Å². The van der Waals surface area contributed by atoms with Crippen LogP contribution in [-0.4, -0.2) is 20.6 Å². The second-order valence-electron chi connectivity index (χ2n) is 3.84. The molecule has 1 N–H and O–H groups in total. The van der Waals surface area contributed by atoms with E-state index in [9.17, 15) is 0 Å². The number of nitrogens with zero attached hydrogens (tertiary/aromatic N) is 3. The zero-order valence-corrected chi connectivity index (χ0v) is 9.28. The van der Waals surface area contributed by atoms with E-state index in [1.165, 1.54) is 0 Å². The summed E-state index contributed by atoms with van der Waals surface area (Å²) in [7, 11) is 0. The third-order valence-electron chi connectivity index (χ3n) is 2.45. The van der Waals surface area contributed by atoms with Crippen molar-refractivity contribution in [1.82, 2.24) is 20.6 Å². The van der Waals surface area contributed by atoms with Crippen molar-refractivity contribution in [2.75, 3.05) is 0 Å². The Balaban J connectivity index is 2.51. The molecule has 0 aliphatic rings. The van der Waals surface area contributed by atoms with Gasteiger partial charge in [-0.1, -0.05) is 35.0 Å². The zero-order chi connectivity index (χ0) is 10.9. The van der Waals surface area contributed by atoms with Crippen molar-refractivity contribution >= 4 is 11.6 Å². The van der Waals surface area contributed by atoms with Crippen LogP contribution in [0.1, 0.15) is 25.2 Å². The van der Waals surface area contributed by atoms with E-state index in [1.54, 1.807) is 0 Å². The van der Waals surface area contributed by atoms with Gasteiger partial charge in [0.1, 0.15) is 0 Å². The summed E-state index contributed by atoms with van der Waals surface area (Å²) >= 11 is 6.14. The van der Waals surface area contributed by atoms with E-state index in [0.29, 0.717) is 10.8 Å². The highest BCUT2D eigenvalue weighted by atomic mass is 35.5. The molecule has 1 aromatic carbocycles. The quantitative estimate of drug-likeness (QED) is 0.848. The molecule has 1 heterocycles. The van der Waals surface area contributed by atoms with Gasteiger partial charge in [-0.15, -0.1) is 10.2 Å². The van der Waals surface area contributed by atoms with Gasteiger partial charge in [0.25, 0.3) is 0 Å². The fourth-order valence-electron chi connectivity index (χ4n) is 1.52. The summed E-state index contributed by atoms with van der Waals surface area (Å²) in [6.45, 7) is 4.03. The molecule has 5 heteroatoms. The fraction of sp³-hybridized carbons (Fsp3) is 0.300. The van der Waals surface area contributed by atoms with Gasteiger partial charge < -0.3 is 0 Å². The van der Waals surface area contributed by atoms with Crippen LogP contribution in [0.4, 0.5) is 0 Å². The van der Waals surface area contributed by atoms with E-state index >= 15 is 0 Å². The molecule has 0 saturated carbocycles. The van der Waals surface area contributed by atoms with Crippen molar-refractivity contribution in [2.24, 2.45) is 0 Å². The summed E-state index contributed by atoms with van der Waals surface area (Å²) in [4.78, 5) is 0. The first-order valence-electron chi connectivity index (χ1n) is 4.61. The van der Waals surface area contributed by atoms with E-state index in [0.717, 1.165) is 5.56 Å². The molecule has 0 saturated heterocycles. The maximum atomic E-state index is 6.14. The predicted octanol–water partition coefficient (Wildman–Crippen LogP) is 2.18. The number of halogens is 1. The Morgan fingerprint density at radius 2 is 2.00 bits per heavy atom. The van der Waals surface area contributed by atoms with Crippen LogP contribution >= 0.6 is 11.6 Å². The summed E-state index contributed by atoms with van der Waals surface area (Å²) in [5.41, 5.74) is 0.652. The zero-order valence-electron chi connectivity index (χ0n) is 8.53. The molecule has 0 amide bonds. The third-order valence-corrected chi connectivity index (χ3v) is 2.78. The topological polar surface area (TPSA) is 54.5 Å². The summed E-state index contributed by atoms with van der Waals surface area (Å²) < 4.78 is 0. The van der Waals surface area contributed by atoms with E-state index in [1.807, 2.05) is 38.1 Å². The SMILES string of the molecule is CC(C)(c1nn[nH]n1)c1ccccc1Cl. The Labute approximate surface area is 92.7 Å². The minimum absolute atomic E-state index is 0.342. The first-order valence-corrected chi connectivity index (χ1v) is 4.99. The summed E-state index contributed by atoms with van der Waals surface area (Å²) in [6, 6.07) is 7.68. The average Bonchev–Trinajstić information content (AvgIpc) is 2.71. The molecule has 0 bridgehead atoms. The number of aromatic nitrogens is 4. The monoisotopic (exact) mass is 222 g/mol. The van der Waals surface area contributed by atoms with Crippen LogP contribution in [0.25, 0.3) is 0 Å². The number of aromatic amines is 1. The molecule has 0 unspecified atom stereocenters. The lowest BCUT2D eigenvalue weighted by Crippen LogP contribution is -2.21. The molecule has 1 aromatic heterocycles. The number of tetrazole rings is 1. The van der Waals surface area contributed by atoms with Crippen molar-refractivity contribution in [3.05, 3.63) is 40.7 Å². The molecule has 0 aliphatic heterocycles. The molecule has 0 aliphatic carbocycles. The van der Waals surface area contributed by atoms with Crippen LogP contribution < -0.4 is 0 Å². The van der Waals surface area contributed by atoms with Crippen LogP contribution in [0.15, 0.2) is 24.3 Å². The summed E-state index contributed by atoms with van der Waals surface area (Å²) in [5, 5.41) is 14.7. The number of H-pyrrole nitrogens is 1. The predicted molar refractivity (Wildman–Crippen MR) is 57.8 cm³/mol. The molecule has 0 spiro atoms. The molecule has 78 valence electrons. The van der Waals surface area contributed by atoms with Gasteiger partial charge in [0, 0.05) is 5.02 Å². The number of nitrogens with one attached hydrogen (secondary N) is 1. The summed E-state index contributed by atoms with van der Waals surface area (Å²) in [5.74, 6) is 0.635. The lowest BCUT2D eigenvalue weighted by Gasteiger charge is -2.21. The van der Waals surface area contributed by atoms with Crippen LogP contribution in [-0.2, 0) is 5.41 Å². The van der Waals surface area contributed by atoms with Crippen LogP contribution in [0, 0.1) is 0 Å². The number of benzene rings is 1. The first-order chi connectivity index (χ1) is 7.12. The highest BCUT2D eigenvalue weighted by Crippen LogP contribution is 2.33. The number of hydrogen-bond donors (Lipinski definition) is 1. The van der Waals surface area contributed by atoms with Crippen molar-refractivity contribution in [3.8, 4) is 0 Å². The molecular formula is C10H11ClN4. The van der Waals surface area contributed by atoms with E-state index in [-0.39, 0.29) is 5.41 Å². The second kappa shape index (κ2) is 3.62. The smallest absolute Gasteiger partial charge is 0.177 e. The average molecular weight is 223 g/mol. The standard InChI is InChI=1S/C10H11ClN4/c1-10(2,9-12-14-15-13-9)7-5-3-4-6-8(7)11/h3-6H,1-2H3,(H,12,13,14,15). The van der Waals surface area contributed by atoms with Crippen LogP contribution in [0.3, 0.4) is 0 Å².